The highest BCUT2D eigenvalue weighted by molar-refractivity contribution is 5.98. The number of hydrogen-bond acceptors (Lipinski definition) is 4. The summed E-state index contributed by atoms with van der Waals surface area (Å²) in [6.07, 6.45) is 3.29. The van der Waals surface area contributed by atoms with Crippen LogP contribution in [0.2, 0.25) is 0 Å². The zero-order valence-corrected chi connectivity index (χ0v) is 11.7. The first kappa shape index (κ1) is 14.5. The number of carbonyl (C=O) groups excluding carboxylic acids is 1. The van der Waals surface area contributed by atoms with E-state index < -0.39 is 10.5 Å². The summed E-state index contributed by atoms with van der Waals surface area (Å²) in [5.41, 5.74) is 7.13. The van der Waals surface area contributed by atoms with Gasteiger partial charge in [-0.3, -0.25) is 14.9 Å². The lowest BCUT2D eigenvalue weighted by Gasteiger charge is -2.23. The van der Waals surface area contributed by atoms with Crippen molar-refractivity contribution < 1.29 is 9.72 Å². The molecule has 2 rings (SSSR count). The minimum absolute atomic E-state index is 0.0591. The molecule has 0 spiro atoms. The van der Waals surface area contributed by atoms with Crippen molar-refractivity contribution in [2.45, 2.75) is 45.1 Å². The molecule has 0 radical (unpaired) electrons. The number of rotatable bonds is 3. The summed E-state index contributed by atoms with van der Waals surface area (Å²) in [6.45, 7) is 3.39. The van der Waals surface area contributed by atoms with Crippen molar-refractivity contribution in [2.24, 2.45) is 5.73 Å². The van der Waals surface area contributed by atoms with Crippen molar-refractivity contribution in [1.29, 1.82) is 0 Å². The number of aryl methyl sites for hydroxylation is 2. The smallest absolute Gasteiger partial charge is 0.272 e. The predicted molar refractivity (Wildman–Crippen MR) is 76.6 cm³/mol. The Hall–Kier alpha value is -1.95. The second-order valence-corrected chi connectivity index (χ2v) is 5.53. The monoisotopic (exact) mass is 277 g/mol. The van der Waals surface area contributed by atoms with E-state index in [0.29, 0.717) is 29.7 Å². The molecular formula is C14H19N3O3. The number of nitrogens with zero attached hydrogens (tertiary/aromatic N) is 1. The molecule has 0 bridgehead atoms. The zero-order valence-electron chi connectivity index (χ0n) is 11.7. The van der Waals surface area contributed by atoms with Gasteiger partial charge in [0.2, 0.25) is 5.91 Å². The number of nitrogens with one attached hydrogen (secondary N) is 1. The summed E-state index contributed by atoms with van der Waals surface area (Å²) >= 11 is 0. The highest BCUT2D eigenvalue weighted by atomic mass is 16.6. The molecule has 0 heterocycles. The number of amides is 1. The highest BCUT2D eigenvalue weighted by Crippen LogP contribution is 2.30. The van der Waals surface area contributed by atoms with Crippen LogP contribution in [-0.4, -0.2) is 16.4 Å². The largest absolute Gasteiger partial charge is 0.324 e. The van der Waals surface area contributed by atoms with Crippen LogP contribution in [-0.2, 0) is 4.79 Å². The molecule has 0 atom stereocenters. The van der Waals surface area contributed by atoms with Crippen molar-refractivity contribution in [3.8, 4) is 0 Å². The molecule has 1 aliphatic carbocycles. The average Bonchev–Trinajstić information content (AvgIpc) is 2.81. The Morgan fingerprint density at radius 3 is 2.45 bits per heavy atom. The molecule has 108 valence electrons. The molecule has 1 saturated carbocycles. The fourth-order valence-electron chi connectivity index (χ4n) is 2.61. The first-order valence-electron chi connectivity index (χ1n) is 6.69. The van der Waals surface area contributed by atoms with Crippen molar-refractivity contribution in [3.05, 3.63) is 33.4 Å². The van der Waals surface area contributed by atoms with Crippen LogP contribution in [0.15, 0.2) is 12.1 Å². The second-order valence-electron chi connectivity index (χ2n) is 5.53. The lowest BCUT2D eigenvalue weighted by molar-refractivity contribution is -0.385. The van der Waals surface area contributed by atoms with E-state index in [9.17, 15) is 14.9 Å². The van der Waals surface area contributed by atoms with E-state index in [-0.39, 0.29) is 11.6 Å². The third-order valence-electron chi connectivity index (χ3n) is 3.94. The number of anilines is 1. The molecule has 6 heteroatoms. The van der Waals surface area contributed by atoms with E-state index >= 15 is 0 Å². The van der Waals surface area contributed by atoms with E-state index in [1.54, 1.807) is 19.9 Å². The number of nitrogens with two attached hydrogens (primary N) is 1. The van der Waals surface area contributed by atoms with Gasteiger partial charge in [0, 0.05) is 17.3 Å². The number of nitro groups is 1. The third-order valence-corrected chi connectivity index (χ3v) is 3.94. The third kappa shape index (κ3) is 2.65. The second kappa shape index (κ2) is 5.20. The molecule has 0 aliphatic heterocycles. The Kier molecular flexibility index (Phi) is 3.76. The zero-order chi connectivity index (χ0) is 14.9. The maximum atomic E-state index is 12.2. The van der Waals surface area contributed by atoms with Crippen LogP contribution in [0.3, 0.4) is 0 Å². The van der Waals surface area contributed by atoms with Gasteiger partial charge in [0.15, 0.2) is 0 Å². The van der Waals surface area contributed by atoms with Gasteiger partial charge >= 0.3 is 0 Å². The van der Waals surface area contributed by atoms with E-state index in [1.807, 2.05) is 0 Å². The first-order valence-corrected chi connectivity index (χ1v) is 6.69. The molecule has 1 amide bonds. The SMILES string of the molecule is Cc1cc([N+](=O)[O-])c(C)cc1NC(=O)C1(N)CCCC1. The normalized spacial score (nSPS) is 16.9. The summed E-state index contributed by atoms with van der Waals surface area (Å²) < 4.78 is 0. The summed E-state index contributed by atoms with van der Waals surface area (Å²) in [7, 11) is 0. The van der Waals surface area contributed by atoms with Crippen LogP contribution >= 0.6 is 0 Å². The number of benzene rings is 1. The molecule has 0 aromatic heterocycles. The topological polar surface area (TPSA) is 98.3 Å². The van der Waals surface area contributed by atoms with E-state index in [4.69, 9.17) is 5.73 Å². The minimum atomic E-state index is -0.803. The fourth-order valence-corrected chi connectivity index (χ4v) is 2.61. The standard InChI is InChI=1S/C14H19N3O3/c1-9-8-12(17(19)20)10(2)7-11(9)16-13(18)14(15)5-3-4-6-14/h7-8H,3-6,15H2,1-2H3,(H,16,18). The molecular weight excluding hydrogens is 258 g/mol. The maximum absolute atomic E-state index is 12.2. The van der Waals surface area contributed by atoms with Gasteiger partial charge in [-0.15, -0.1) is 0 Å². The van der Waals surface area contributed by atoms with Crippen LogP contribution < -0.4 is 11.1 Å². The number of carbonyl (C=O) groups is 1. The van der Waals surface area contributed by atoms with Gasteiger partial charge in [-0.05, 0) is 38.3 Å². The van der Waals surface area contributed by atoms with Crippen molar-refractivity contribution in [2.75, 3.05) is 5.32 Å². The maximum Gasteiger partial charge on any atom is 0.272 e. The van der Waals surface area contributed by atoms with Gasteiger partial charge in [0.25, 0.3) is 5.69 Å². The van der Waals surface area contributed by atoms with Gasteiger partial charge < -0.3 is 11.1 Å². The van der Waals surface area contributed by atoms with Crippen molar-refractivity contribution in [1.82, 2.24) is 0 Å². The lowest BCUT2D eigenvalue weighted by atomic mass is 9.97. The molecule has 0 saturated heterocycles. The Morgan fingerprint density at radius 1 is 1.30 bits per heavy atom. The van der Waals surface area contributed by atoms with Crippen LogP contribution in [0.4, 0.5) is 11.4 Å². The van der Waals surface area contributed by atoms with Gasteiger partial charge in [-0.1, -0.05) is 12.8 Å². The number of nitro benzene ring substituents is 1. The van der Waals surface area contributed by atoms with E-state index in [0.717, 1.165) is 12.8 Å². The van der Waals surface area contributed by atoms with Crippen molar-refractivity contribution >= 4 is 17.3 Å². The van der Waals surface area contributed by atoms with Gasteiger partial charge in [0.05, 0.1) is 10.5 Å². The molecule has 1 aromatic carbocycles. The molecule has 3 N–H and O–H groups in total. The Labute approximate surface area is 117 Å². The molecule has 1 aromatic rings. The fraction of sp³-hybridized carbons (Fsp3) is 0.500. The molecule has 1 fully saturated rings. The van der Waals surface area contributed by atoms with Gasteiger partial charge in [-0.2, -0.15) is 0 Å². The van der Waals surface area contributed by atoms with Gasteiger partial charge in [-0.25, -0.2) is 0 Å². The lowest BCUT2D eigenvalue weighted by Crippen LogP contribution is -2.48. The van der Waals surface area contributed by atoms with Crippen LogP contribution in [0.1, 0.15) is 36.8 Å². The molecule has 6 nitrogen and oxygen atoms in total. The molecule has 1 aliphatic rings. The number of hydrogen-bond donors (Lipinski definition) is 2. The first-order chi connectivity index (χ1) is 9.33. The quantitative estimate of drug-likeness (QED) is 0.654. The molecule has 20 heavy (non-hydrogen) atoms. The Morgan fingerprint density at radius 2 is 1.90 bits per heavy atom. The van der Waals surface area contributed by atoms with E-state index in [1.165, 1.54) is 6.07 Å². The summed E-state index contributed by atoms with van der Waals surface area (Å²) in [4.78, 5) is 22.7. The summed E-state index contributed by atoms with van der Waals surface area (Å²) in [6, 6.07) is 3.10. The van der Waals surface area contributed by atoms with Crippen LogP contribution in [0, 0.1) is 24.0 Å². The molecule has 0 unspecified atom stereocenters. The Balaban J connectivity index is 2.24. The Bertz CT molecular complexity index is 563. The average molecular weight is 277 g/mol. The summed E-state index contributed by atoms with van der Waals surface area (Å²) in [5.74, 6) is -0.202. The minimum Gasteiger partial charge on any atom is -0.324 e. The highest BCUT2D eigenvalue weighted by Gasteiger charge is 2.37. The van der Waals surface area contributed by atoms with Crippen LogP contribution in [0.25, 0.3) is 0 Å². The summed E-state index contributed by atoms with van der Waals surface area (Å²) in [5, 5.41) is 13.7. The van der Waals surface area contributed by atoms with Gasteiger partial charge in [0.1, 0.15) is 0 Å². The predicted octanol–water partition coefficient (Wildman–Crippen LogP) is 2.42. The van der Waals surface area contributed by atoms with Crippen LogP contribution in [0.5, 0.6) is 0 Å². The van der Waals surface area contributed by atoms with Crippen molar-refractivity contribution in [3.63, 3.8) is 0 Å². The van der Waals surface area contributed by atoms with E-state index in [2.05, 4.69) is 5.32 Å².